The smallest absolute Gasteiger partial charge is 0.263 e. The number of benzene rings is 3. The molecule has 21 heteroatoms. The number of thioether (sulfide) groups is 1. The first-order chi connectivity index (χ1) is 35.1. The SMILES string of the molecule is Nc1ncnc2c1c(-c1ccc(Oc3ccccc3)cc1)nn2[C@@H]1CCCN(C(=O)CCCN2CCN(C(=O)COCCOCCOCCSc3cccc4c3C(=O)N(C3CCC(=O)NC3=O)C4=O)CC2)C1. The van der Waals surface area contributed by atoms with Crippen molar-refractivity contribution in [2.45, 2.75) is 55.5 Å². The van der Waals surface area contributed by atoms with Gasteiger partial charge in [0.1, 0.15) is 42.0 Å². The molecule has 3 aromatic carbocycles. The molecule has 0 spiro atoms. The Morgan fingerprint density at radius 2 is 1.51 bits per heavy atom. The van der Waals surface area contributed by atoms with Crippen molar-refractivity contribution < 1.29 is 47.7 Å². The van der Waals surface area contributed by atoms with Crippen LogP contribution in [0.4, 0.5) is 5.82 Å². The van der Waals surface area contributed by atoms with Crippen molar-refractivity contribution in [3.8, 4) is 22.8 Å². The van der Waals surface area contributed by atoms with Crippen molar-refractivity contribution in [2.24, 2.45) is 0 Å². The number of rotatable bonds is 21. The molecular formula is C51H58N10O10S. The summed E-state index contributed by atoms with van der Waals surface area (Å²) in [5.74, 6) is 0.222. The average Bonchev–Trinajstić information content (AvgIpc) is 3.91. The topological polar surface area (TPSA) is 234 Å². The molecule has 0 saturated carbocycles. The van der Waals surface area contributed by atoms with Crippen LogP contribution in [0.15, 0.2) is 84.0 Å². The van der Waals surface area contributed by atoms with Crippen LogP contribution in [0.1, 0.15) is 65.3 Å². The van der Waals surface area contributed by atoms with Gasteiger partial charge in [0.25, 0.3) is 11.8 Å². The van der Waals surface area contributed by atoms with E-state index in [9.17, 15) is 28.8 Å². The molecule has 4 aliphatic heterocycles. The molecule has 2 aromatic heterocycles. The maximum absolute atomic E-state index is 13.6. The van der Waals surface area contributed by atoms with Crippen LogP contribution >= 0.6 is 11.8 Å². The second-order valence-corrected chi connectivity index (χ2v) is 19.0. The normalized spacial score (nSPS) is 18.5. The zero-order valence-corrected chi connectivity index (χ0v) is 40.8. The van der Waals surface area contributed by atoms with E-state index in [-0.39, 0.29) is 55.0 Å². The number of piperazine rings is 1. The first-order valence-corrected chi connectivity index (χ1v) is 25.4. The van der Waals surface area contributed by atoms with Gasteiger partial charge in [-0.2, -0.15) is 5.10 Å². The molecule has 3 N–H and O–H groups in total. The Balaban J connectivity index is 0.626. The minimum Gasteiger partial charge on any atom is -0.457 e. The largest absolute Gasteiger partial charge is 0.457 e. The number of ether oxygens (including phenoxy) is 4. The van der Waals surface area contributed by atoms with E-state index in [1.165, 1.54) is 18.1 Å². The van der Waals surface area contributed by atoms with E-state index in [0.29, 0.717) is 98.0 Å². The van der Waals surface area contributed by atoms with Crippen molar-refractivity contribution in [1.29, 1.82) is 0 Å². The number of aromatic nitrogens is 4. The predicted octanol–water partition coefficient (Wildman–Crippen LogP) is 4.20. The molecule has 378 valence electrons. The summed E-state index contributed by atoms with van der Waals surface area (Å²) in [7, 11) is 0. The zero-order valence-electron chi connectivity index (χ0n) is 39.9. The van der Waals surface area contributed by atoms with Crippen LogP contribution in [0.25, 0.3) is 22.3 Å². The molecule has 2 atom stereocenters. The number of piperidine rings is 2. The minimum atomic E-state index is -1.01. The number of anilines is 1. The summed E-state index contributed by atoms with van der Waals surface area (Å²) in [4.78, 5) is 93.3. The van der Waals surface area contributed by atoms with E-state index in [1.807, 2.05) is 69.1 Å². The Morgan fingerprint density at radius 3 is 2.29 bits per heavy atom. The second kappa shape index (κ2) is 23.6. The van der Waals surface area contributed by atoms with E-state index < -0.39 is 29.7 Å². The van der Waals surface area contributed by atoms with Crippen LogP contribution in [0, 0.1) is 0 Å². The molecule has 0 bridgehead atoms. The highest BCUT2D eigenvalue weighted by atomic mass is 32.2. The van der Waals surface area contributed by atoms with Crippen molar-refractivity contribution in [3.05, 3.63) is 90.3 Å². The molecule has 3 fully saturated rings. The zero-order chi connectivity index (χ0) is 50.0. The Kier molecular flexibility index (Phi) is 16.5. The summed E-state index contributed by atoms with van der Waals surface area (Å²) in [5, 5.41) is 7.94. The van der Waals surface area contributed by atoms with Gasteiger partial charge in [-0.3, -0.25) is 43.9 Å². The van der Waals surface area contributed by atoms with E-state index >= 15 is 0 Å². The number of carbonyl (C=O) groups excluding carboxylic acids is 6. The van der Waals surface area contributed by atoms with Crippen LogP contribution in [0.5, 0.6) is 11.5 Å². The standard InChI is InChI=1S/C51H58N10O10S/c52-47-45-46(34-13-15-37(16-14-34)71-36-8-2-1-3-9-36)56-61(48(45)54-33-53-47)35-7-5-20-59(31-35)42(63)12-6-19-57-21-23-58(24-22-57)43(64)32-70-28-27-68-25-26-69-29-30-72-40-11-4-10-38-44(40)51(67)60(50(38)66)39-17-18-41(62)55-49(39)65/h1-4,8-11,13-16,33,35,39H,5-7,12,17-32H2,(H2,52,53,54)(H,55,62,65)/t35-,39?/m1/s1. The summed E-state index contributed by atoms with van der Waals surface area (Å²) in [5.41, 5.74) is 9.11. The van der Waals surface area contributed by atoms with Gasteiger partial charge in [0.05, 0.1) is 55.6 Å². The molecule has 0 aliphatic carbocycles. The van der Waals surface area contributed by atoms with Gasteiger partial charge in [0.15, 0.2) is 5.65 Å². The third-order valence-electron chi connectivity index (χ3n) is 13.2. The van der Waals surface area contributed by atoms with Gasteiger partial charge < -0.3 is 34.5 Å². The van der Waals surface area contributed by atoms with Gasteiger partial charge in [0.2, 0.25) is 23.6 Å². The average molecular weight is 1000 g/mol. The highest BCUT2D eigenvalue weighted by Crippen LogP contribution is 2.36. The van der Waals surface area contributed by atoms with Gasteiger partial charge in [-0.25, -0.2) is 14.6 Å². The van der Waals surface area contributed by atoms with E-state index in [4.69, 9.17) is 29.8 Å². The lowest BCUT2D eigenvalue weighted by molar-refractivity contribution is -0.138. The van der Waals surface area contributed by atoms with Gasteiger partial charge in [-0.1, -0.05) is 24.3 Å². The monoisotopic (exact) mass is 1000 g/mol. The number of nitrogens with one attached hydrogen (secondary N) is 1. The van der Waals surface area contributed by atoms with Gasteiger partial charge >= 0.3 is 0 Å². The summed E-state index contributed by atoms with van der Waals surface area (Å²) in [6, 6.07) is 21.2. The molecule has 9 rings (SSSR count). The Hall–Kier alpha value is -6.78. The third-order valence-corrected chi connectivity index (χ3v) is 14.2. The highest BCUT2D eigenvalue weighted by Gasteiger charge is 2.45. The highest BCUT2D eigenvalue weighted by molar-refractivity contribution is 7.99. The van der Waals surface area contributed by atoms with Crippen LogP contribution in [-0.2, 0) is 33.4 Å². The van der Waals surface area contributed by atoms with Gasteiger partial charge in [0, 0.05) is 68.3 Å². The maximum atomic E-state index is 13.6. The van der Waals surface area contributed by atoms with E-state index in [0.717, 1.165) is 55.1 Å². The number of nitrogens with zero attached hydrogens (tertiary/aromatic N) is 8. The van der Waals surface area contributed by atoms with Crippen LogP contribution in [-0.4, -0.2) is 172 Å². The fraction of sp³-hybridized carbons (Fsp3) is 0.431. The Morgan fingerprint density at radius 1 is 0.764 bits per heavy atom. The summed E-state index contributed by atoms with van der Waals surface area (Å²) in [6.07, 6.45) is 4.46. The van der Waals surface area contributed by atoms with Crippen LogP contribution in [0.3, 0.4) is 0 Å². The van der Waals surface area contributed by atoms with Gasteiger partial charge in [-0.15, -0.1) is 11.8 Å². The van der Waals surface area contributed by atoms with Crippen LogP contribution in [0.2, 0.25) is 0 Å². The Labute approximate surface area is 420 Å². The summed E-state index contributed by atoms with van der Waals surface area (Å²) < 4.78 is 24.8. The Bertz CT molecular complexity index is 2770. The first-order valence-electron chi connectivity index (χ1n) is 24.4. The summed E-state index contributed by atoms with van der Waals surface area (Å²) in [6.45, 7) is 6.21. The molecule has 0 radical (unpaired) electrons. The lowest BCUT2D eigenvalue weighted by atomic mass is 10.0. The number of amides is 6. The van der Waals surface area contributed by atoms with Crippen molar-refractivity contribution in [3.63, 3.8) is 0 Å². The lowest BCUT2D eigenvalue weighted by Gasteiger charge is -2.35. The number of para-hydroxylation sites is 1. The number of hydrogen-bond acceptors (Lipinski definition) is 16. The molecule has 6 heterocycles. The molecule has 6 amide bonds. The van der Waals surface area contributed by atoms with Crippen molar-refractivity contribution >= 4 is 64.1 Å². The molecule has 5 aromatic rings. The third kappa shape index (κ3) is 11.8. The molecule has 72 heavy (non-hydrogen) atoms. The van der Waals surface area contributed by atoms with E-state index in [2.05, 4.69) is 20.2 Å². The maximum Gasteiger partial charge on any atom is 0.263 e. The number of nitrogens with two attached hydrogens (primary N) is 1. The number of hydrogen-bond donors (Lipinski definition) is 2. The van der Waals surface area contributed by atoms with Gasteiger partial charge in [-0.05, 0) is 80.8 Å². The van der Waals surface area contributed by atoms with Crippen molar-refractivity contribution in [1.82, 2.24) is 44.7 Å². The number of carbonyl (C=O) groups is 6. The van der Waals surface area contributed by atoms with Crippen LogP contribution < -0.4 is 15.8 Å². The quantitative estimate of drug-likeness (QED) is 0.0596. The number of fused-ring (bicyclic) bond motifs is 2. The fourth-order valence-corrected chi connectivity index (χ4v) is 10.4. The number of nitrogen functional groups attached to an aromatic ring is 1. The fourth-order valence-electron chi connectivity index (χ4n) is 9.48. The molecule has 3 saturated heterocycles. The number of imide groups is 2. The minimum absolute atomic E-state index is 0.0291. The molecule has 1 unspecified atom stereocenters. The first kappa shape index (κ1) is 50.2. The van der Waals surface area contributed by atoms with Crippen molar-refractivity contribution in [2.75, 3.05) is 96.9 Å². The second-order valence-electron chi connectivity index (χ2n) is 17.9. The summed E-state index contributed by atoms with van der Waals surface area (Å²) >= 11 is 1.38. The molecule has 4 aliphatic rings. The molecule has 20 nitrogen and oxygen atoms in total. The van der Waals surface area contributed by atoms with E-state index in [1.54, 1.807) is 18.2 Å². The number of likely N-dealkylation sites (tertiary alicyclic amines) is 1. The molecular weight excluding hydrogens is 945 g/mol. The predicted molar refractivity (Wildman–Crippen MR) is 265 cm³/mol. The lowest BCUT2D eigenvalue weighted by Crippen LogP contribution is -2.54.